The molecule has 0 aromatic rings. The highest BCUT2D eigenvalue weighted by Crippen LogP contribution is 2.40. The maximum atomic E-state index is 11.4. The second kappa shape index (κ2) is 7.12. The van der Waals surface area contributed by atoms with Crippen LogP contribution in [0.2, 0.25) is 0 Å². The second-order valence-electron chi connectivity index (χ2n) is 6.49. The minimum absolute atomic E-state index is 0.169. The Bertz CT molecular complexity index is 305. The first-order valence-electron chi connectivity index (χ1n) is 8.02. The highest BCUT2D eigenvalue weighted by atomic mass is 16.5. The third-order valence-corrected chi connectivity index (χ3v) is 5.03. The molecule has 2 aliphatic rings. The van der Waals surface area contributed by atoms with Gasteiger partial charge in [-0.25, -0.2) is 4.79 Å². The van der Waals surface area contributed by atoms with Gasteiger partial charge in [-0.3, -0.25) is 0 Å². The van der Waals surface area contributed by atoms with E-state index in [1.807, 2.05) is 6.92 Å². The molecule has 2 rings (SSSR count). The monoisotopic (exact) mass is 264 g/mol. The molecule has 0 bridgehead atoms. The molecule has 2 nitrogen and oxygen atoms in total. The molecule has 2 fully saturated rings. The fourth-order valence-electron chi connectivity index (χ4n) is 3.77. The third kappa shape index (κ3) is 4.36. The number of hydrogen-bond acceptors (Lipinski definition) is 2. The molecule has 0 atom stereocenters. The molecule has 0 aromatic heterocycles. The van der Waals surface area contributed by atoms with Crippen LogP contribution in [0.25, 0.3) is 0 Å². The van der Waals surface area contributed by atoms with Gasteiger partial charge in [0.1, 0.15) is 6.10 Å². The average Bonchev–Trinajstić information content (AvgIpc) is 2.41. The van der Waals surface area contributed by atoms with Gasteiger partial charge in [-0.2, -0.15) is 0 Å². The maximum absolute atomic E-state index is 11.4. The Kier molecular flexibility index (Phi) is 5.47. The van der Waals surface area contributed by atoms with Crippen LogP contribution < -0.4 is 0 Å². The first-order valence-corrected chi connectivity index (χ1v) is 8.02. The van der Waals surface area contributed by atoms with Crippen LogP contribution in [0.4, 0.5) is 0 Å². The highest BCUT2D eigenvalue weighted by Gasteiger charge is 2.30. The van der Waals surface area contributed by atoms with Gasteiger partial charge in [-0.05, 0) is 63.2 Å². The predicted octanol–water partition coefficient (Wildman–Crippen LogP) is 4.49. The molecule has 0 aromatic carbocycles. The Balaban J connectivity index is 1.71. The number of esters is 1. The van der Waals surface area contributed by atoms with E-state index in [9.17, 15) is 4.79 Å². The normalized spacial score (nSPS) is 36.3. The van der Waals surface area contributed by atoms with Crippen molar-refractivity contribution >= 4 is 5.97 Å². The van der Waals surface area contributed by atoms with E-state index in [1.165, 1.54) is 44.6 Å². The standard InChI is InChI=1S/C17H28O2/c1-3-4-17(18)19-16-11-9-15(10-12-16)14-7-5-13(2)6-8-14/h3-4,13-16H,5-12H2,1-2H3/b4-3+. The van der Waals surface area contributed by atoms with Crippen molar-refractivity contribution in [3.8, 4) is 0 Å². The highest BCUT2D eigenvalue weighted by molar-refractivity contribution is 5.81. The van der Waals surface area contributed by atoms with Crippen molar-refractivity contribution < 1.29 is 9.53 Å². The maximum Gasteiger partial charge on any atom is 0.330 e. The lowest BCUT2D eigenvalue weighted by atomic mass is 9.71. The quantitative estimate of drug-likeness (QED) is 0.554. The zero-order chi connectivity index (χ0) is 13.7. The molecule has 19 heavy (non-hydrogen) atoms. The first-order chi connectivity index (χ1) is 9.19. The zero-order valence-electron chi connectivity index (χ0n) is 12.4. The number of hydrogen-bond donors (Lipinski definition) is 0. The van der Waals surface area contributed by atoms with E-state index >= 15 is 0 Å². The number of carbonyl (C=O) groups excluding carboxylic acids is 1. The van der Waals surface area contributed by atoms with E-state index in [2.05, 4.69) is 6.92 Å². The third-order valence-electron chi connectivity index (χ3n) is 5.03. The largest absolute Gasteiger partial charge is 0.459 e. The molecule has 2 aliphatic carbocycles. The molecule has 0 amide bonds. The smallest absolute Gasteiger partial charge is 0.330 e. The van der Waals surface area contributed by atoms with Gasteiger partial charge in [-0.1, -0.05) is 25.8 Å². The van der Waals surface area contributed by atoms with Crippen molar-refractivity contribution in [1.29, 1.82) is 0 Å². The van der Waals surface area contributed by atoms with E-state index in [4.69, 9.17) is 4.74 Å². The summed E-state index contributed by atoms with van der Waals surface area (Å²) in [5, 5.41) is 0. The van der Waals surface area contributed by atoms with Crippen molar-refractivity contribution in [3.05, 3.63) is 12.2 Å². The van der Waals surface area contributed by atoms with Crippen LogP contribution in [-0.4, -0.2) is 12.1 Å². The summed E-state index contributed by atoms with van der Waals surface area (Å²) in [6, 6.07) is 0. The number of carbonyl (C=O) groups is 1. The summed E-state index contributed by atoms with van der Waals surface area (Å²) in [6.45, 7) is 4.23. The van der Waals surface area contributed by atoms with Crippen LogP contribution in [-0.2, 0) is 9.53 Å². The summed E-state index contributed by atoms with van der Waals surface area (Å²) in [7, 11) is 0. The van der Waals surface area contributed by atoms with Gasteiger partial charge >= 0.3 is 5.97 Å². The van der Waals surface area contributed by atoms with E-state index < -0.39 is 0 Å². The summed E-state index contributed by atoms with van der Waals surface area (Å²) in [6.07, 6.45) is 13.8. The van der Waals surface area contributed by atoms with Gasteiger partial charge in [0.2, 0.25) is 0 Å². The van der Waals surface area contributed by atoms with Gasteiger partial charge in [0.05, 0.1) is 0 Å². The molecule has 0 spiro atoms. The Labute approximate surface area is 117 Å². The van der Waals surface area contributed by atoms with Gasteiger partial charge < -0.3 is 4.74 Å². The fraction of sp³-hybridized carbons (Fsp3) is 0.824. The molecule has 2 heteroatoms. The van der Waals surface area contributed by atoms with Gasteiger partial charge in [-0.15, -0.1) is 0 Å². The van der Waals surface area contributed by atoms with Crippen LogP contribution in [0.15, 0.2) is 12.2 Å². The predicted molar refractivity (Wildman–Crippen MR) is 77.8 cm³/mol. The van der Waals surface area contributed by atoms with Gasteiger partial charge in [0.25, 0.3) is 0 Å². The summed E-state index contributed by atoms with van der Waals surface area (Å²) < 4.78 is 5.46. The van der Waals surface area contributed by atoms with E-state index in [0.29, 0.717) is 0 Å². The molecule has 0 heterocycles. The van der Waals surface area contributed by atoms with Gasteiger partial charge in [0.15, 0.2) is 0 Å². The number of ether oxygens (including phenoxy) is 1. The lowest BCUT2D eigenvalue weighted by molar-refractivity contribution is -0.145. The van der Waals surface area contributed by atoms with Crippen LogP contribution in [0.3, 0.4) is 0 Å². The number of allylic oxidation sites excluding steroid dienone is 1. The van der Waals surface area contributed by atoms with Crippen molar-refractivity contribution in [2.24, 2.45) is 17.8 Å². The van der Waals surface area contributed by atoms with Gasteiger partial charge in [0, 0.05) is 6.08 Å². The second-order valence-corrected chi connectivity index (χ2v) is 6.49. The van der Waals surface area contributed by atoms with Crippen molar-refractivity contribution in [2.75, 3.05) is 0 Å². The van der Waals surface area contributed by atoms with E-state index in [0.717, 1.165) is 30.6 Å². The van der Waals surface area contributed by atoms with Crippen LogP contribution >= 0.6 is 0 Å². The summed E-state index contributed by atoms with van der Waals surface area (Å²) >= 11 is 0. The molecule has 0 unspecified atom stereocenters. The molecule has 0 saturated heterocycles. The molecule has 108 valence electrons. The minimum atomic E-state index is -0.169. The van der Waals surface area contributed by atoms with Crippen molar-refractivity contribution in [3.63, 3.8) is 0 Å². The Hall–Kier alpha value is -0.790. The van der Waals surface area contributed by atoms with Crippen molar-refractivity contribution in [1.82, 2.24) is 0 Å². The minimum Gasteiger partial charge on any atom is -0.459 e. The fourth-order valence-corrected chi connectivity index (χ4v) is 3.77. The van der Waals surface area contributed by atoms with E-state index in [1.54, 1.807) is 6.08 Å². The molecule has 2 saturated carbocycles. The Morgan fingerprint density at radius 3 is 2.00 bits per heavy atom. The lowest BCUT2D eigenvalue weighted by Gasteiger charge is -2.36. The van der Waals surface area contributed by atoms with Crippen LogP contribution in [0.1, 0.15) is 65.2 Å². The topological polar surface area (TPSA) is 26.3 Å². The van der Waals surface area contributed by atoms with Crippen molar-refractivity contribution in [2.45, 2.75) is 71.3 Å². The summed E-state index contributed by atoms with van der Waals surface area (Å²) in [5.74, 6) is 2.61. The molecular formula is C17H28O2. The van der Waals surface area contributed by atoms with Crippen LogP contribution in [0, 0.1) is 17.8 Å². The molecular weight excluding hydrogens is 236 g/mol. The summed E-state index contributed by atoms with van der Waals surface area (Å²) in [5.41, 5.74) is 0. The van der Waals surface area contributed by atoms with E-state index in [-0.39, 0.29) is 12.1 Å². The molecule has 0 N–H and O–H groups in total. The summed E-state index contributed by atoms with van der Waals surface area (Å²) in [4.78, 5) is 11.4. The SMILES string of the molecule is C/C=C/C(=O)OC1CCC(C2CCC(C)CC2)CC1. The van der Waals surface area contributed by atoms with Crippen LogP contribution in [0.5, 0.6) is 0 Å². The number of rotatable bonds is 3. The average molecular weight is 264 g/mol. The molecule has 0 aliphatic heterocycles. The Morgan fingerprint density at radius 2 is 1.47 bits per heavy atom. The first kappa shape index (κ1) is 14.6. The lowest BCUT2D eigenvalue weighted by Crippen LogP contribution is -2.29. The zero-order valence-corrected chi connectivity index (χ0v) is 12.4. The Morgan fingerprint density at radius 1 is 0.947 bits per heavy atom. The molecule has 0 radical (unpaired) electrons.